The molecular formula is C108H68O2. The zero-order valence-corrected chi connectivity index (χ0v) is 59.1. The number of fused-ring (bicyclic) bond motifs is 12. The molecule has 2 nitrogen and oxygen atoms in total. The van der Waals surface area contributed by atoms with Crippen molar-refractivity contribution in [3.8, 4) is 111 Å². The molecule has 0 atom stereocenters. The van der Waals surface area contributed by atoms with Crippen LogP contribution in [0.15, 0.2) is 421 Å². The van der Waals surface area contributed by atoms with Crippen molar-refractivity contribution in [1.82, 2.24) is 0 Å². The highest BCUT2D eigenvalue weighted by atomic mass is 16.3. The minimum atomic E-state index is -0.441. The first kappa shape index (κ1) is 52.5. The molecule has 110 heavy (non-hydrogen) atoms. The largest absolute Gasteiger partial charge is 0.456 e. The highest BCUT2D eigenvalue weighted by molar-refractivity contribution is 6.25. The second-order valence-electron chi connectivity index (χ2n) is 27.9. The van der Waals surface area contributed by atoms with Crippen molar-refractivity contribution in [2.24, 2.45) is 0 Å². The first-order valence-electron chi connectivity index (χ1n) is 42.9. The second kappa shape index (κ2) is 26.9. The number of hydrogen-bond donors (Lipinski definition) is 0. The zero-order chi connectivity index (χ0) is 83.0. The van der Waals surface area contributed by atoms with Crippen LogP contribution in [0.3, 0.4) is 0 Å². The maximum absolute atomic E-state index is 9.45. The number of furan rings is 2. The standard InChI is InChI=1S/2C54H34O/c1-3-14-35(15-4-1)39-20-13-21-41(33-39)53-43(40-27-26-36-16-7-8-19-38(36)32-40)29-31-50-54(53)48-34-42(28-30-49(48)55-50)52-46-24-11-9-22-44(46)51(37-17-5-2-6-18-37)45-23-10-12-25-47(45)52;1-3-14-36(15-4-1)48-32-39(25-28-43(48)41-24-23-35-13-7-8-18-38(35)31-41)40-26-29-51-49(33-40)50-34-42(27-30-52(50)55-51)54-46-21-11-9-19-44(46)53(37-16-5-2-6-17-37)45-20-10-12-22-47(45)54/h2*1-34H/i9D,10D,11D,12D,22D,23D,24D,25D;9D,11D,19D,21D. The van der Waals surface area contributed by atoms with Crippen molar-refractivity contribution in [1.29, 1.82) is 0 Å². The van der Waals surface area contributed by atoms with E-state index in [1.165, 1.54) is 21.9 Å². The Bertz CT molecular complexity index is 8070. The summed E-state index contributed by atoms with van der Waals surface area (Å²) < 4.78 is 122. The Hall–Kier alpha value is -14.4. The Balaban J connectivity index is 0.000000151. The summed E-state index contributed by atoms with van der Waals surface area (Å²) in [5.74, 6) is 0. The average Bonchev–Trinajstić information content (AvgIpc) is 0.982. The quantitative estimate of drug-likeness (QED) is 0.128. The summed E-state index contributed by atoms with van der Waals surface area (Å²) in [6.07, 6.45) is 0. The van der Waals surface area contributed by atoms with Gasteiger partial charge in [0, 0.05) is 27.1 Å². The van der Waals surface area contributed by atoms with Gasteiger partial charge in [-0.15, -0.1) is 0 Å². The fourth-order valence-electron chi connectivity index (χ4n) is 16.6. The van der Waals surface area contributed by atoms with Crippen molar-refractivity contribution >= 4 is 109 Å². The van der Waals surface area contributed by atoms with Gasteiger partial charge < -0.3 is 8.83 Å². The Kier molecular flexibility index (Phi) is 12.8. The molecule has 0 radical (unpaired) electrons. The van der Waals surface area contributed by atoms with Gasteiger partial charge in [-0.2, -0.15) is 0 Å². The Morgan fingerprint density at radius 3 is 1.05 bits per heavy atom. The van der Waals surface area contributed by atoms with Gasteiger partial charge in [-0.25, -0.2) is 0 Å². The van der Waals surface area contributed by atoms with Crippen molar-refractivity contribution in [3.05, 3.63) is 412 Å². The third kappa shape index (κ3) is 11.1. The Labute approximate surface area is 653 Å². The van der Waals surface area contributed by atoms with Crippen LogP contribution in [0.5, 0.6) is 0 Å². The van der Waals surface area contributed by atoms with E-state index < -0.39 is 24.2 Å². The van der Waals surface area contributed by atoms with E-state index in [-0.39, 0.29) is 75.4 Å². The third-order valence-corrected chi connectivity index (χ3v) is 21.7. The molecule has 0 bridgehead atoms. The molecule has 0 unspecified atom stereocenters. The molecule has 0 aliphatic heterocycles. The van der Waals surface area contributed by atoms with Crippen molar-refractivity contribution in [2.75, 3.05) is 0 Å². The van der Waals surface area contributed by atoms with E-state index in [2.05, 4.69) is 188 Å². The van der Waals surface area contributed by atoms with Gasteiger partial charge in [-0.05, 0) is 237 Å². The Morgan fingerprint density at radius 1 is 0.164 bits per heavy atom. The van der Waals surface area contributed by atoms with Crippen LogP contribution in [0.4, 0.5) is 0 Å². The van der Waals surface area contributed by atoms with Crippen LogP contribution >= 0.6 is 0 Å². The molecule has 0 saturated carbocycles. The summed E-state index contributed by atoms with van der Waals surface area (Å²) in [5.41, 5.74) is 20.5. The fraction of sp³-hybridized carbons (Fsp3) is 0. The van der Waals surface area contributed by atoms with Crippen molar-refractivity contribution in [3.63, 3.8) is 0 Å². The molecule has 2 heteroatoms. The molecule has 20 aromatic carbocycles. The average molecular weight is 1410 g/mol. The van der Waals surface area contributed by atoms with E-state index in [1.807, 2.05) is 127 Å². The van der Waals surface area contributed by atoms with E-state index in [0.717, 1.165) is 132 Å². The molecule has 0 spiro atoms. The lowest BCUT2D eigenvalue weighted by Crippen LogP contribution is -1.91. The summed E-state index contributed by atoms with van der Waals surface area (Å²) in [4.78, 5) is 0. The molecule has 0 aliphatic carbocycles. The molecule has 0 aliphatic rings. The van der Waals surface area contributed by atoms with Gasteiger partial charge >= 0.3 is 0 Å². The molecule has 0 fully saturated rings. The number of hydrogen-bond acceptors (Lipinski definition) is 2. The van der Waals surface area contributed by atoms with Crippen LogP contribution in [-0.2, 0) is 0 Å². The topological polar surface area (TPSA) is 26.3 Å². The molecule has 0 saturated heterocycles. The summed E-state index contributed by atoms with van der Waals surface area (Å²) in [7, 11) is 0. The van der Waals surface area contributed by atoms with Gasteiger partial charge in [0.05, 0.1) is 16.4 Å². The van der Waals surface area contributed by atoms with Gasteiger partial charge in [-0.3, -0.25) is 0 Å². The van der Waals surface area contributed by atoms with E-state index in [9.17, 15) is 8.22 Å². The summed E-state index contributed by atoms with van der Waals surface area (Å²) in [6.45, 7) is 0. The molecule has 22 aromatic rings. The molecule has 0 N–H and O–H groups in total. The summed E-state index contributed by atoms with van der Waals surface area (Å²) in [6, 6.07) is 111. The monoisotopic (exact) mass is 1410 g/mol. The van der Waals surface area contributed by atoms with Crippen LogP contribution in [-0.4, -0.2) is 0 Å². The van der Waals surface area contributed by atoms with Gasteiger partial charge in [0.2, 0.25) is 0 Å². The predicted octanol–water partition coefficient (Wildman–Crippen LogP) is 30.8. The molecule has 0 amide bonds. The first-order valence-corrected chi connectivity index (χ1v) is 36.9. The van der Waals surface area contributed by atoms with Crippen LogP contribution < -0.4 is 0 Å². The lowest BCUT2D eigenvalue weighted by Gasteiger charge is -2.18. The third-order valence-electron chi connectivity index (χ3n) is 21.7. The van der Waals surface area contributed by atoms with E-state index >= 15 is 0 Å². The molecular weight excluding hydrogens is 1330 g/mol. The van der Waals surface area contributed by atoms with E-state index in [1.54, 1.807) is 24.3 Å². The molecule has 512 valence electrons. The summed E-state index contributed by atoms with van der Waals surface area (Å²) in [5, 5.41) is 11.6. The molecule has 2 aromatic heterocycles. The molecule has 22 rings (SSSR count). The fourth-order valence-corrected chi connectivity index (χ4v) is 16.6. The Morgan fingerprint density at radius 2 is 0.500 bits per heavy atom. The van der Waals surface area contributed by atoms with Crippen LogP contribution in [0, 0.1) is 0 Å². The zero-order valence-electron chi connectivity index (χ0n) is 71.1. The normalized spacial score (nSPS) is 13.2. The predicted molar refractivity (Wildman–Crippen MR) is 467 cm³/mol. The maximum atomic E-state index is 9.45. The minimum absolute atomic E-state index is 0.0483. The SMILES string of the molecule is [2H]c1c([2H])c([2H])c2c(-c3ccc4oc5ccc(-c6ccc(-c7ccc8ccccc8c7)c(-c7ccccc7)c6)cc5c4c3)c3ccccc3c(-c3ccccc3)c2c1[2H].[2H]c1c([2H])c([2H])c2c(-c3ccc4oc5ccc(-c6ccc7ccccc7c6)c(-c6cccc(-c7ccccc7)c6)c5c4c3)c3c([2H])c([2H])c([2H])c([2H])c3c(-c3ccccc3)c2c1[2H]. The summed E-state index contributed by atoms with van der Waals surface area (Å²) >= 11 is 0. The van der Waals surface area contributed by atoms with E-state index in [4.69, 9.17) is 17.1 Å². The smallest absolute Gasteiger partial charge is 0.136 e. The number of rotatable bonds is 10. The van der Waals surface area contributed by atoms with Gasteiger partial charge in [0.1, 0.15) is 22.3 Å². The highest BCUT2D eigenvalue weighted by Crippen LogP contribution is 2.50. The lowest BCUT2D eigenvalue weighted by molar-refractivity contribution is 0.668. The van der Waals surface area contributed by atoms with Gasteiger partial charge in [-0.1, -0.05) is 345 Å². The second-order valence-corrected chi connectivity index (χ2v) is 27.9. The van der Waals surface area contributed by atoms with Gasteiger partial charge in [0.25, 0.3) is 0 Å². The molecule has 2 heterocycles. The highest BCUT2D eigenvalue weighted by Gasteiger charge is 2.24. The lowest BCUT2D eigenvalue weighted by atomic mass is 9.85. The first-order chi connectivity index (χ1) is 59.5. The minimum Gasteiger partial charge on any atom is -0.456 e. The van der Waals surface area contributed by atoms with Crippen molar-refractivity contribution in [2.45, 2.75) is 0 Å². The van der Waals surface area contributed by atoms with Gasteiger partial charge in [0.15, 0.2) is 0 Å². The van der Waals surface area contributed by atoms with Crippen LogP contribution in [0.2, 0.25) is 0 Å². The maximum Gasteiger partial charge on any atom is 0.136 e. The van der Waals surface area contributed by atoms with Crippen LogP contribution in [0.1, 0.15) is 16.4 Å². The van der Waals surface area contributed by atoms with Crippen LogP contribution in [0.25, 0.3) is 220 Å². The van der Waals surface area contributed by atoms with Crippen molar-refractivity contribution < 1.29 is 25.3 Å². The van der Waals surface area contributed by atoms with E-state index in [0.29, 0.717) is 38.6 Å². The number of benzene rings is 20.